The molecule has 41 heavy (non-hydrogen) atoms. The van der Waals surface area contributed by atoms with Crippen LogP contribution in [-0.4, -0.2) is 22.7 Å². The fourth-order valence-electron chi connectivity index (χ4n) is 4.03. The molecule has 1 N–H and O–H groups in total. The number of hydrogen-bond donors (Lipinski definition) is 1. The fraction of sp³-hybridized carbons (Fsp3) is 0.800. The van der Waals surface area contributed by atoms with Crippen LogP contribution in [0.1, 0.15) is 162 Å². The number of halogens is 2. The topological polar surface area (TPSA) is 59.1 Å². The van der Waals surface area contributed by atoms with Gasteiger partial charge in [0, 0.05) is 24.5 Å². The summed E-state index contributed by atoms with van der Waals surface area (Å²) in [5.41, 5.74) is 2.80. The smallest absolute Gasteiger partial charge is 0.250 e. The number of nitrogens with one attached hydrogen (secondary N) is 1. The van der Waals surface area contributed by atoms with Gasteiger partial charge in [0.15, 0.2) is 0 Å². The highest BCUT2D eigenvalue weighted by molar-refractivity contribution is 6.00. The maximum Gasteiger partial charge on any atom is 0.250 e. The summed E-state index contributed by atoms with van der Waals surface area (Å²) < 4.78 is 26.9. The van der Waals surface area contributed by atoms with E-state index >= 15 is 0 Å². The molecule has 1 aliphatic heterocycles. The summed E-state index contributed by atoms with van der Waals surface area (Å²) in [4.78, 5) is 27.0. The third-order valence-corrected chi connectivity index (χ3v) is 7.98. The van der Waals surface area contributed by atoms with Gasteiger partial charge in [0.2, 0.25) is 11.8 Å². The summed E-state index contributed by atoms with van der Waals surface area (Å²) in [6.45, 7) is 22.6. The van der Waals surface area contributed by atoms with Crippen LogP contribution < -0.4 is 5.32 Å². The van der Waals surface area contributed by atoms with Crippen molar-refractivity contribution in [2.24, 2.45) is 17.8 Å². The lowest BCUT2D eigenvalue weighted by atomic mass is 9.90. The second kappa shape index (κ2) is 23.7. The van der Waals surface area contributed by atoms with Crippen molar-refractivity contribution in [3.63, 3.8) is 0 Å². The predicted molar refractivity (Wildman–Crippen MR) is 171 cm³/mol. The fourth-order valence-corrected chi connectivity index (χ4v) is 4.03. The van der Waals surface area contributed by atoms with Gasteiger partial charge in [-0.15, -0.1) is 0 Å². The highest BCUT2D eigenvalue weighted by Gasteiger charge is 2.36. The third kappa shape index (κ3) is 19.1. The summed E-state index contributed by atoms with van der Waals surface area (Å²) in [7, 11) is 0. The molecule has 2 heterocycles. The van der Waals surface area contributed by atoms with Crippen molar-refractivity contribution in [3.05, 3.63) is 29.1 Å². The normalized spacial score (nSPS) is 17.0. The van der Waals surface area contributed by atoms with E-state index in [1.165, 1.54) is 38.5 Å². The molecule has 0 aliphatic carbocycles. The Labute approximate surface area is 252 Å². The Morgan fingerprint density at radius 1 is 0.878 bits per heavy atom. The van der Waals surface area contributed by atoms with Gasteiger partial charge in [0.25, 0.3) is 5.92 Å². The number of rotatable bonds is 12. The van der Waals surface area contributed by atoms with E-state index in [1.54, 1.807) is 6.92 Å². The van der Waals surface area contributed by atoms with E-state index in [9.17, 15) is 18.4 Å². The molecule has 0 spiro atoms. The van der Waals surface area contributed by atoms with Crippen molar-refractivity contribution in [1.82, 2.24) is 10.3 Å². The molecular formula is C35H64F2N2O2. The van der Waals surface area contributed by atoms with Gasteiger partial charge in [-0.05, 0) is 50.2 Å². The highest BCUT2D eigenvalue weighted by Crippen LogP contribution is 2.34. The number of hydrogen-bond acceptors (Lipinski definition) is 3. The van der Waals surface area contributed by atoms with Crippen LogP contribution in [-0.2, 0) is 9.59 Å². The molecule has 1 fully saturated rings. The molecule has 0 saturated carbocycles. The first-order chi connectivity index (χ1) is 19.2. The molecule has 1 aliphatic rings. The SMILES string of the molecule is CCCC.CCCC(C)C(F)(F)CC(C)CC.CCCCC(C)CC.Cc1ccc(C2CCC(=O)NC2=O)nc1C. The van der Waals surface area contributed by atoms with E-state index in [2.05, 4.69) is 44.9 Å². The largest absolute Gasteiger partial charge is 0.296 e. The molecule has 1 aromatic heterocycles. The van der Waals surface area contributed by atoms with Crippen molar-refractivity contribution >= 4 is 11.8 Å². The molecule has 0 aromatic carbocycles. The van der Waals surface area contributed by atoms with Crippen LogP contribution in [0, 0.1) is 31.6 Å². The molecule has 4 unspecified atom stereocenters. The summed E-state index contributed by atoms with van der Waals surface area (Å²) in [6, 6.07) is 3.82. The van der Waals surface area contributed by atoms with Gasteiger partial charge >= 0.3 is 0 Å². The lowest BCUT2D eigenvalue weighted by Crippen LogP contribution is -2.39. The van der Waals surface area contributed by atoms with Crippen LogP contribution in [0.15, 0.2) is 12.1 Å². The van der Waals surface area contributed by atoms with E-state index in [1.807, 2.05) is 46.8 Å². The van der Waals surface area contributed by atoms with Crippen molar-refractivity contribution < 1.29 is 18.4 Å². The van der Waals surface area contributed by atoms with Crippen LogP contribution >= 0.6 is 0 Å². The van der Waals surface area contributed by atoms with Crippen LogP contribution in [0.4, 0.5) is 8.78 Å². The highest BCUT2D eigenvalue weighted by atomic mass is 19.3. The monoisotopic (exact) mass is 582 g/mol. The molecule has 1 saturated heterocycles. The number of carbonyl (C=O) groups is 2. The second-order valence-corrected chi connectivity index (χ2v) is 12.0. The van der Waals surface area contributed by atoms with Crippen LogP contribution in [0.2, 0.25) is 0 Å². The Morgan fingerprint density at radius 2 is 1.46 bits per heavy atom. The van der Waals surface area contributed by atoms with Crippen molar-refractivity contribution in [2.45, 2.75) is 165 Å². The molecule has 0 bridgehead atoms. The van der Waals surface area contributed by atoms with Crippen LogP contribution in [0.25, 0.3) is 0 Å². The summed E-state index contributed by atoms with van der Waals surface area (Å²) >= 11 is 0. The second-order valence-electron chi connectivity index (χ2n) is 12.0. The molecule has 2 rings (SSSR count). The Kier molecular flexibility index (Phi) is 23.8. The first kappa shape index (κ1) is 41.3. The molecule has 2 amide bonds. The predicted octanol–water partition coefficient (Wildman–Crippen LogP) is 10.7. The Bertz CT molecular complexity index is 826. The number of unbranched alkanes of at least 4 members (excludes halogenated alkanes) is 2. The standard InChI is InChI=1S/C12H14N2O2.C11H22F2.C8H18.C4H10/c1-7-3-5-10(13-8(7)2)9-4-6-11(15)14-12(9)16;1-5-7-10(4)11(12,13)8-9(3)6-2;1-4-6-7-8(3)5-2;1-3-4-2/h3,5,9H,4,6H2,1-2H3,(H,14,15,16);9-10H,5-8H2,1-4H3;8H,4-7H2,1-3H3;3-4H2,1-2H3. The molecular weight excluding hydrogens is 518 g/mol. The zero-order valence-corrected chi connectivity index (χ0v) is 28.5. The lowest BCUT2D eigenvalue weighted by Gasteiger charge is -2.25. The zero-order valence-electron chi connectivity index (χ0n) is 28.5. The number of aromatic nitrogens is 1. The van der Waals surface area contributed by atoms with E-state index in [0.717, 1.165) is 35.7 Å². The van der Waals surface area contributed by atoms with Gasteiger partial charge in [0.1, 0.15) is 0 Å². The number of amides is 2. The van der Waals surface area contributed by atoms with Gasteiger partial charge in [-0.25, -0.2) is 8.78 Å². The van der Waals surface area contributed by atoms with Crippen molar-refractivity contribution in [1.29, 1.82) is 0 Å². The average molecular weight is 583 g/mol. The minimum absolute atomic E-state index is 0.0463. The number of carbonyl (C=O) groups excluding carboxylic acids is 2. The van der Waals surface area contributed by atoms with Gasteiger partial charge in [0.05, 0.1) is 11.6 Å². The number of aryl methyl sites for hydroxylation is 2. The summed E-state index contributed by atoms with van der Waals surface area (Å²) in [5, 5.41) is 2.34. The zero-order chi connectivity index (χ0) is 32.0. The molecule has 0 radical (unpaired) electrons. The lowest BCUT2D eigenvalue weighted by molar-refractivity contribution is -0.134. The first-order valence-corrected chi connectivity index (χ1v) is 16.4. The average Bonchev–Trinajstić information content (AvgIpc) is 2.94. The molecule has 1 aromatic rings. The number of imide groups is 1. The van der Waals surface area contributed by atoms with Gasteiger partial charge in [-0.1, -0.05) is 120 Å². The van der Waals surface area contributed by atoms with E-state index < -0.39 is 11.8 Å². The Morgan fingerprint density at radius 3 is 1.90 bits per heavy atom. The number of alkyl halides is 2. The van der Waals surface area contributed by atoms with Crippen LogP contribution in [0.5, 0.6) is 0 Å². The van der Waals surface area contributed by atoms with Gasteiger partial charge in [-0.2, -0.15) is 0 Å². The Balaban J connectivity index is 0. The minimum Gasteiger partial charge on any atom is -0.296 e. The Hall–Kier alpha value is -1.85. The molecule has 240 valence electrons. The maximum atomic E-state index is 13.4. The van der Waals surface area contributed by atoms with Gasteiger partial charge < -0.3 is 0 Å². The molecule has 4 nitrogen and oxygen atoms in total. The molecule has 6 heteroatoms. The number of piperidine rings is 1. The third-order valence-electron chi connectivity index (χ3n) is 7.98. The quantitative estimate of drug-likeness (QED) is 0.249. The number of nitrogens with zero attached hydrogens (tertiary/aromatic N) is 1. The van der Waals surface area contributed by atoms with Crippen molar-refractivity contribution in [2.75, 3.05) is 0 Å². The van der Waals surface area contributed by atoms with Gasteiger partial charge in [-0.3, -0.25) is 19.9 Å². The van der Waals surface area contributed by atoms with Crippen LogP contribution in [0.3, 0.4) is 0 Å². The summed E-state index contributed by atoms with van der Waals surface area (Å²) in [6.07, 6.45) is 11.5. The number of pyridine rings is 1. The summed E-state index contributed by atoms with van der Waals surface area (Å²) in [5.74, 6) is -2.55. The van der Waals surface area contributed by atoms with Crippen molar-refractivity contribution in [3.8, 4) is 0 Å². The van der Waals surface area contributed by atoms with E-state index in [4.69, 9.17) is 0 Å². The molecule has 4 atom stereocenters. The van der Waals surface area contributed by atoms with E-state index in [-0.39, 0.29) is 30.1 Å². The minimum atomic E-state index is -2.47. The van der Waals surface area contributed by atoms with E-state index in [0.29, 0.717) is 19.3 Å². The maximum absolute atomic E-state index is 13.4. The first-order valence-electron chi connectivity index (χ1n) is 16.4.